The zero-order chi connectivity index (χ0) is 19.0. The lowest BCUT2D eigenvalue weighted by molar-refractivity contribution is -0.132. The van der Waals surface area contributed by atoms with Gasteiger partial charge >= 0.3 is 0 Å². The lowest BCUT2D eigenvalue weighted by Crippen LogP contribution is -2.54. The summed E-state index contributed by atoms with van der Waals surface area (Å²) in [5, 5.41) is 8.35. The molecule has 4 rings (SSSR count). The van der Waals surface area contributed by atoms with Crippen molar-refractivity contribution in [2.24, 2.45) is 0 Å². The Labute approximate surface area is 163 Å². The second kappa shape index (κ2) is 7.43. The molecule has 0 spiro atoms. The van der Waals surface area contributed by atoms with E-state index in [1.54, 1.807) is 6.07 Å². The molecule has 2 aromatic rings. The Balaban J connectivity index is 1.38. The molecule has 2 fully saturated rings. The number of benzene rings is 1. The first-order chi connectivity index (χ1) is 13.0. The zero-order valence-corrected chi connectivity index (χ0v) is 16.0. The first-order valence-corrected chi connectivity index (χ1v) is 9.71. The Kier molecular flexibility index (Phi) is 5.00. The molecule has 1 amide bonds. The lowest BCUT2D eigenvalue weighted by Gasteiger charge is -2.40. The van der Waals surface area contributed by atoms with Crippen LogP contribution in [0.1, 0.15) is 36.8 Å². The van der Waals surface area contributed by atoms with Gasteiger partial charge in [0.1, 0.15) is 5.82 Å². The zero-order valence-electron chi connectivity index (χ0n) is 15.2. The van der Waals surface area contributed by atoms with Gasteiger partial charge in [-0.2, -0.15) is 0 Å². The molecule has 7 heteroatoms. The molecule has 0 N–H and O–H groups in total. The minimum Gasteiger partial charge on any atom is -0.351 e. The van der Waals surface area contributed by atoms with Crippen LogP contribution in [0.5, 0.6) is 0 Å². The van der Waals surface area contributed by atoms with Gasteiger partial charge in [0, 0.05) is 25.7 Å². The van der Waals surface area contributed by atoms with E-state index in [-0.39, 0.29) is 24.2 Å². The molecule has 2 aliphatic rings. The van der Waals surface area contributed by atoms with Crippen LogP contribution in [0.2, 0.25) is 5.15 Å². The van der Waals surface area contributed by atoms with Gasteiger partial charge in [-0.25, -0.2) is 4.39 Å². The number of amides is 1. The topological polar surface area (TPSA) is 49.3 Å². The molecule has 1 saturated carbocycles. The smallest absolute Gasteiger partial charge is 0.227 e. The number of hydrogen-bond donors (Lipinski definition) is 0. The van der Waals surface area contributed by atoms with Crippen molar-refractivity contribution in [2.45, 2.75) is 38.1 Å². The van der Waals surface area contributed by atoms with E-state index in [2.05, 4.69) is 15.1 Å². The molecule has 2 heterocycles. The summed E-state index contributed by atoms with van der Waals surface area (Å²) in [7, 11) is 0. The van der Waals surface area contributed by atoms with Gasteiger partial charge < -0.3 is 9.80 Å². The van der Waals surface area contributed by atoms with Crippen LogP contribution >= 0.6 is 11.6 Å². The van der Waals surface area contributed by atoms with Gasteiger partial charge in [-0.3, -0.25) is 4.79 Å². The summed E-state index contributed by atoms with van der Waals surface area (Å²) in [4.78, 5) is 16.7. The van der Waals surface area contributed by atoms with Crippen LogP contribution in [0.15, 0.2) is 30.3 Å². The number of anilines is 1. The predicted octanol–water partition coefficient (Wildman–Crippen LogP) is 3.43. The monoisotopic (exact) mass is 388 g/mol. The predicted molar refractivity (Wildman–Crippen MR) is 103 cm³/mol. The van der Waals surface area contributed by atoms with E-state index in [0.717, 1.165) is 29.8 Å². The van der Waals surface area contributed by atoms with Gasteiger partial charge in [0.25, 0.3) is 0 Å². The van der Waals surface area contributed by atoms with E-state index in [0.29, 0.717) is 30.7 Å². The minimum absolute atomic E-state index is 0.0305. The number of carbonyl (C=O) groups excluding carboxylic acids is 1. The number of hydrogen-bond acceptors (Lipinski definition) is 4. The van der Waals surface area contributed by atoms with Gasteiger partial charge in [0.2, 0.25) is 5.91 Å². The summed E-state index contributed by atoms with van der Waals surface area (Å²) in [6.07, 6.45) is 2.36. The largest absolute Gasteiger partial charge is 0.351 e. The first kappa shape index (κ1) is 18.2. The quantitative estimate of drug-likeness (QED) is 0.805. The summed E-state index contributed by atoms with van der Waals surface area (Å²) < 4.78 is 14.2. The highest BCUT2D eigenvalue weighted by Gasteiger charge is 2.29. The Hall–Kier alpha value is -2.21. The third kappa shape index (κ3) is 4.05. The first-order valence-electron chi connectivity index (χ1n) is 9.33. The molecule has 1 aromatic heterocycles. The van der Waals surface area contributed by atoms with E-state index in [1.807, 2.05) is 30.0 Å². The maximum atomic E-state index is 14.2. The molecule has 5 nitrogen and oxygen atoms in total. The third-order valence-corrected chi connectivity index (χ3v) is 5.53. The number of aromatic nitrogens is 2. The van der Waals surface area contributed by atoms with Gasteiger partial charge in [0.15, 0.2) is 11.0 Å². The second-order valence-corrected chi connectivity index (χ2v) is 7.79. The van der Waals surface area contributed by atoms with Crippen LogP contribution in [0, 0.1) is 5.82 Å². The molecule has 1 atom stereocenters. The summed E-state index contributed by atoms with van der Waals surface area (Å²) in [6.45, 7) is 3.98. The minimum atomic E-state index is -0.179. The fourth-order valence-electron chi connectivity index (χ4n) is 3.70. The van der Waals surface area contributed by atoms with Crippen LogP contribution < -0.4 is 4.90 Å². The fraction of sp³-hybridized carbons (Fsp3) is 0.450. The maximum Gasteiger partial charge on any atom is 0.227 e. The number of halogens is 2. The van der Waals surface area contributed by atoms with E-state index in [9.17, 15) is 9.18 Å². The summed E-state index contributed by atoms with van der Waals surface area (Å²) in [5.74, 6) is 0.986. The highest BCUT2D eigenvalue weighted by atomic mass is 35.5. The highest BCUT2D eigenvalue weighted by molar-refractivity contribution is 6.29. The summed E-state index contributed by atoms with van der Waals surface area (Å²) in [5.41, 5.74) is 1.53. The van der Waals surface area contributed by atoms with Crippen molar-refractivity contribution in [3.05, 3.63) is 52.4 Å². The number of carbonyl (C=O) groups is 1. The molecule has 27 heavy (non-hydrogen) atoms. The van der Waals surface area contributed by atoms with Crippen molar-refractivity contribution in [1.82, 2.24) is 15.1 Å². The van der Waals surface area contributed by atoms with Gasteiger partial charge in [-0.05, 0) is 55.0 Å². The third-order valence-electron chi connectivity index (χ3n) is 5.33. The van der Waals surface area contributed by atoms with Crippen LogP contribution in [0.3, 0.4) is 0 Å². The molecule has 0 unspecified atom stereocenters. The SMILES string of the molecule is C[C@@H]1CN(c2ccc(Cl)nn2)CCN1C(=O)Cc1ccc(C2CC2)c(F)c1. The van der Waals surface area contributed by atoms with Crippen LogP contribution in [-0.4, -0.2) is 46.7 Å². The summed E-state index contributed by atoms with van der Waals surface area (Å²) in [6, 6.07) is 8.85. The molecular weight excluding hydrogens is 367 g/mol. The molecule has 0 bridgehead atoms. The van der Waals surface area contributed by atoms with Gasteiger partial charge in [-0.15, -0.1) is 10.2 Å². The number of rotatable bonds is 4. The van der Waals surface area contributed by atoms with Crippen molar-refractivity contribution >= 4 is 23.3 Å². The molecule has 142 valence electrons. The second-order valence-electron chi connectivity index (χ2n) is 7.40. The lowest BCUT2D eigenvalue weighted by atomic mass is 10.0. The van der Waals surface area contributed by atoms with Crippen molar-refractivity contribution in [3.63, 3.8) is 0 Å². The molecule has 1 aliphatic heterocycles. The normalized spacial score (nSPS) is 20.0. The van der Waals surface area contributed by atoms with E-state index in [1.165, 1.54) is 6.07 Å². The Morgan fingerprint density at radius 2 is 2.04 bits per heavy atom. The Morgan fingerprint density at radius 1 is 1.22 bits per heavy atom. The number of piperazine rings is 1. The van der Waals surface area contributed by atoms with E-state index < -0.39 is 0 Å². The van der Waals surface area contributed by atoms with E-state index in [4.69, 9.17) is 11.6 Å². The fourth-order valence-corrected chi connectivity index (χ4v) is 3.80. The number of nitrogens with zero attached hydrogens (tertiary/aromatic N) is 4. The standard InChI is InChI=1S/C20H22ClFN4O/c1-13-12-25(19-7-6-18(21)23-24-19)8-9-26(13)20(27)11-14-2-5-16(15-3-4-15)17(22)10-14/h2,5-7,10,13,15H,3-4,8-9,11-12H2,1H3/t13-/m1/s1. The van der Waals surface area contributed by atoms with Crippen LogP contribution in [-0.2, 0) is 11.2 Å². The molecule has 1 saturated heterocycles. The highest BCUT2D eigenvalue weighted by Crippen LogP contribution is 2.41. The average Bonchev–Trinajstić information content (AvgIpc) is 3.47. The maximum absolute atomic E-state index is 14.2. The van der Waals surface area contributed by atoms with Gasteiger partial charge in [-0.1, -0.05) is 23.7 Å². The molecule has 1 aliphatic carbocycles. The van der Waals surface area contributed by atoms with Crippen LogP contribution in [0.4, 0.5) is 10.2 Å². The molecule has 0 radical (unpaired) electrons. The van der Waals surface area contributed by atoms with Crippen molar-refractivity contribution in [2.75, 3.05) is 24.5 Å². The Morgan fingerprint density at radius 3 is 2.67 bits per heavy atom. The van der Waals surface area contributed by atoms with E-state index >= 15 is 0 Å². The van der Waals surface area contributed by atoms with Crippen molar-refractivity contribution in [1.29, 1.82) is 0 Å². The Bertz CT molecular complexity index is 840. The van der Waals surface area contributed by atoms with Crippen LogP contribution in [0.25, 0.3) is 0 Å². The average molecular weight is 389 g/mol. The van der Waals surface area contributed by atoms with Crippen molar-refractivity contribution in [3.8, 4) is 0 Å². The molecular formula is C20H22ClFN4O. The van der Waals surface area contributed by atoms with Gasteiger partial charge in [0.05, 0.1) is 6.42 Å². The summed E-state index contributed by atoms with van der Waals surface area (Å²) >= 11 is 5.79. The van der Waals surface area contributed by atoms with Crippen molar-refractivity contribution < 1.29 is 9.18 Å². The molecule has 1 aromatic carbocycles.